The summed E-state index contributed by atoms with van der Waals surface area (Å²) in [6, 6.07) is 7.15. The van der Waals surface area contributed by atoms with Crippen LogP contribution in [0.25, 0.3) is 0 Å². The fraction of sp³-hybridized carbons (Fsp3) is 0.588. The van der Waals surface area contributed by atoms with Gasteiger partial charge in [-0.25, -0.2) is 0 Å². The Kier molecular flexibility index (Phi) is 8.62. The molecule has 0 heterocycles. The second-order valence-corrected chi connectivity index (χ2v) is 6.41. The molecular formula is C17H25BrO3. The van der Waals surface area contributed by atoms with Gasteiger partial charge in [0, 0.05) is 16.8 Å². The number of ether oxygens (including phenoxy) is 1. The van der Waals surface area contributed by atoms with Gasteiger partial charge in [0.1, 0.15) is 18.5 Å². The third-order valence-electron chi connectivity index (χ3n) is 3.34. The monoisotopic (exact) mass is 356 g/mol. The molecule has 0 spiro atoms. The summed E-state index contributed by atoms with van der Waals surface area (Å²) in [4.78, 5) is 11.9. The third kappa shape index (κ3) is 6.62. The highest BCUT2D eigenvalue weighted by atomic mass is 79.9. The minimum Gasteiger partial charge on any atom is -0.491 e. The minimum absolute atomic E-state index is 0.0531. The first kappa shape index (κ1) is 18.2. The molecule has 1 N–H and O–H groups in total. The lowest BCUT2D eigenvalue weighted by atomic mass is 10.1. The minimum atomic E-state index is -0.532. The Morgan fingerprint density at radius 3 is 2.48 bits per heavy atom. The Balaban J connectivity index is 2.45. The molecule has 0 aliphatic carbocycles. The Hall–Kier alpha value is -0.870. The van der Waals surface area contributed by atoms with Crippen molar-refractivity contribution in [3.63, 3.8) is 0 Å². The number of hydrogen-bond acceptors (Lipinski definition) is 3. The zero-order chi connectivity index (χ0) is 15.7. The van der Waals surface area contributed by atoms with Crippen LogP contribution >= 0.6 is 15.9 Å². The van der Waals surface area contributed by atoms with Crippen LogP contribution in [-0.4, -0.2) is 28.4 Å². The Labute approximate surface area is 135 Å². The molecule has 0 bridgehead atoms. The normalized spacial score (nSPS) is 13.7. The zero-order valence-electron chi connectivity index (χ0n) is 12.8. The van der Waals surface area contributed by atoms with Crippen molar-refractivity contribution >= 4 is 21.7 Å². The maximum atomic E-state index is 11.9. The number of ketones is 1. The molecule has 2 atom stereocenters. The number of alkyl halides is 1. The van der Waals surface area contributed by atoms with Gasteiger partial charge in [0.05, 0.1) is 0 Å². The van der Waals surface area contributed by atoms with Gasteiger partial charge < -0.3 is 9.84 Å². The van der Waals surface area contributed by atoms with Crippen molar-refractivity contribution in [1.29, 1.82) is 0 Å². The lowest BCUT2D eigenvalue weighted by Gasteiger charge is -2.17. The highest BCUT2D eigenvalue weighted by molar-refractivity contribution is 9.09. The SMILES string of the molecule is CCCCC(=O)c1ccc(OCC(O)C(Br)CCC)cc1. The number of benzene rings is 1. The van der Waals surface area contributed by atoms with E-state index >= 15 is 0 Å². The molecule has 0 aliphatic heterocycles. The maximum absolute atomic E-state index is 11.9. The summed E-state index contributed by atoms with van der Waals surface area (Å²) in [5.41, 5.74) is 0.723. The fourth-order valence-corrected chi connectivity index (χ4v) is 2.58. The number of aliphatic hydroxyl groups is 1. The molecule has 0 saturated heterocycles. The van der Waals surface area contributed by atoms with E-state index in [9.17, 15) is 9.90 Å². The predicted molar refractivity (Wildman–Crippen MR) is 89.4 cm³/mol. The Morgan fingerprint density at radius 2 is 1.90 bits per heavy atom. The van der Waals surface area contributed by atoms with Gasteiger partial charge in [0.15, 0.2) is 5.78 Å². The second kappa shape index (κ2) is 9.96. The summed E-state index contributed by atoms with van der Waals surface area (Å²) >= 11 is 3.46. The fourth-order valence-electron chi connectivity index (χ4n) is 1.97. The first-order valence-electron chi connectivity index (χ1n) is 7.66. The van der Waals surface area contributed by atoms with E-state index in [1.165, 1.54) is 0 Å². The van der Waals surface area contributed by atoms with Crippen molar-refractivity contribution in [3.05, 3.63) is 29.8 Å². The van der Waals surface area contributed by atoms with E-state index in [0.29, 0.717) is 12.2 Å². The molecule has 3 nitrogen and oxygen atoms in total. The van der Waals surface area contributed by atoms with E-state index in [4.69, 9.17) is 4.74 Å². The molecule has 1 rings (SSSR count). The zero-order valence-corrected chi connectivity index (χ0v) is 14.4. The van der Waals surface area contributed by atoms with E-state index in [0.717, 1.165) is 31.2 Å². The highest BCUT2D eigenvalue weighted by Gasteiger charge is 2.15. The Bertz CT molecular complexity index is 417. The average molecular weight is 357 g/mol. The largest absolute Gasteiger partial charge is 0.491 e. The number of carbonyl (C=O) groups is 1. The van der Waals surface area contributed by atoms with Crippen LogP contribution in [0.2, 0.25) is 0 Å². The van der Waals surface area contributed by atoms with Crippen molar-refractivity contribution in [3.8, 4) is 5.75 Å². The van der Waals surface area contributed by atoms with Crippen LogP contribution in [0, 0.1) is 0 Å². The molecule has 1 aromatic carbocycles. The van der Waals surface area contributed by atoms with E-state index in [-0.39, 0.29) is 17.2 Å². The van der Waals surface area contributed by atoms with Gasteiger partial charge in [-0.2, -0.15) is 0 Å². The summed E-state index contributed by atoms with van der Waals surface area (Å²) in [6.07, 6.45) is 3.94. The van der Waals surface area contributed by atoms with Crippen LogP contribution in [0.1, 0.15) is 56.3 Å². The first-order valence-corrected chi connectivity index (χ1v) is 8.58. The Morgan fingerprint density at radius 1 is 1.24 bits per heavy atom. The molecule has 0 aromatic heterocycles. The molecule has 118 valence electrons. The molecule has 4 heteroatoms. The van der Waals surface area contributed by atoms with Gasteiger partial charge in [-0.05, 0) is 37.1 Å². The number of Topliss-reactive ketones (excluding diaryl/α,β-unsaturated/α-hetero) is 1. The van der Waals surface area contributed by atoms with E-state index in [1.54, 1.807) is 24.3 Å². The number of aliphatic hydroxyl groups excluding tert-OH is 1. The average Bonchev–Trinajstić information content (AvgIpc) is 2.51. The maximum Gasteiger partial charge on any atom is 0.162 e. The van der Waals surface area contributed by atoms with Gasteiger partial charge in [-0.1, -0.05) is 42.6 Å². The van der Waals surface area contributed by atoms with Gasteiger partial charge in [-0.15, -0.1) is 0 Å². The number of halogens is 1. The number of carbonyl (C=O) groups excluding carboxylic acids is 1. The third-order valence-corrected chi connectivity index (χ3v) is 4.40. The molecule has 0 fully saturated rings. The summed E-state index contributed by atoms with van der Waals surface area (Å²) < 4.78 is 5.56. The van der Waals surface area contributed by atoms with Crippen LogP contribution in [-0.2, 0) is 0 Å². The summed E-state index contributed by atoms with van der Waals surface area (Å²) in [5.74, 6) is 0.851. The summed E-state index contributed by atoms with van der Waals surface area (Å²) in [5, 5.41) is 9.92. The first-order chi connectivity index (χ1) is 10.1. The van der Waals surface area contributed by atoms with Gasteiger partial charge in [0.2, 0.25) is 0 Å². The van der Waals surface area contributed by atoms with Gasteiger partial charge in [0.25, 0.3) is 0 Å². The molecule has 21 heavy (non-hydrogen) atoms. The van der Waals surface area contributed by atoms with E-state index in [1.807, 2.05) is 0 Å². The van der Waals surface area contributed by atoms with Gasteiger partial charge in [-0.3, -0.25) is 4.79 Å². The smallest absolute Gasteiger partial charge is 0.162 e. The van der Waals surface area contributed by atoms with Crippen molar-refractivity contribution in [2.45, 2.75) is 56.9 Å². The van der Waals surface area contributed by atoms with Crippen LogP contribution in [0.4, 0.5) is 0 Å². The van der Waals surface area contributed by atoms with Crippen molar-refractivity contribution < 1.29 is 14.6 Å². The number of rotatable bonds is 10. The summed E-state index contributed by atoms with van der Waals surface area (Å²) in [7, 11) is 0. The molecule has 0 radical (unpaired) electrons. The number of hydrogen-bond donors (Lipinski definition) is 1. The van der Waals surface area contributed by atoms with Crippen molar-refractivity contribution in [1.82, 2.24) is 0 Å². The molecule has 0 aliphatic rings. The van der Waals surface area contributed by atoms with Crippen LogP contribution < -0.4 is 4.74 Å². The molecular weight excluding hydrogens is 332 g/mol. The van der Waals surface area contributed by atoms with Crippen LogP contribution in [0.5, 0.6) is 5.75 Å². The van der Waals surface area contributed by atoms with E-state index < -0.39 is 6.10 Å². The van der Waals surface area contributed by atoms with Crippen molar-refractivity contribution in [2.75, 3.05) is 6.61 Å². The molecule has 0 saturated carbocycles. The standard InChI is InChI=1S/C17H25BrO3/c1-3-5-7-16(19)13-8-10-14(11-9-13)21-12-17(20)15(18)6-4-2/h8-11,15,17,20H,3-7,12H2,1-2H3. The number of unbranched alkanes of at least 4 members (excludes halogenated alkanes) is 1. The highest BCUT2D eigenvalue weighted by Crippen LogP contribution is 2.17. The second-order valence-electron chi connectivity index (χ2n) is 5.23. The lowest BCUT2D eigenvalue weighted by molar-refractivity contribution is 0.0978. The summed E-state index contributed by atoms with van der Waals surface area (Å²) in [6.45, 7) is 4.40. The quantitative estimate of drug-likeness (QED) is 0.500. The predicted octanol–water partition coefficient (Wildman–Crippen LogP) is 4.36. The lowest BCUT2D eigenvalue weighted by Crippen LogP contribution is -2.27. The molecule has 2 unspecified atom stereocenters. The topological polar surface area (TPSA) is 46.5 Å². The van der Waals surface area contributed by atoms with Gasteiger partial charge >= 0.3 is 0 Å². The molecule has 1 aromatic rings. The molecule has 0 amide bonds. The van der Waals surface area contributed by atoms with Crippen LogP contribution in [0.15, 0.2) is 24.3 Å². The van der Waals surface area contributed by atoms with Crippen molar-refractivity contribution in [2.24, 2.45) is 0 Å². The van der Waals surface area contributed by atoms with E-state index in [2.05, 4.69) is 29.8 Å². The van der Waals surface area contributed by atoms with Crippen LogP contribution in [0.3, 0.4) is 0 Å².